The highest BCUT2D eigenvalue weighted by Crippen LogP contribution is 2.30. The van der Waals surface area contributed by atoms with Crippen molar-refractivity contribution in [3.63, 3.8) is 0 Å². The van der Waals surface area contributed by atoms with Gasteiger partial charge in [0, 0.05) is 11.3 Å². The number of nitrogens with zero attached hydrogens (tertiary/aromatic N) is 2. The Kier molecular flexibility index (Phi) is 5.24. The van der Waals surface area contributed by atoms with Crippen molar-refractivity contribution in [2.24, 2.45) is 0 Å². The zero-order valence-corrected chi connectivity index (χ0v) is 16.6. The van der Waals surface area contributed by atoms with Gasteiger partial charge in [-0.25, -0.2) is 4.98 Å². The highest BCUT2D eigenvalue weighted by Gasteiger charge is 2.16. The third-order valence-electron chi connectivity index (χ3n) is 4.23. The SMILES string of the molecule is Cc1cc(NC(=O)CSC#N)cc2nc(-c3ccc(C(C)(C)C)cc3)oc12. The maximum Gasteiger partial charge on any atom is 0.235 e. The molecule has 138 valence electrons. The van der Waals surface area contributed by atoms with Gasteiger partial charge in [0.05, 0.1) is 5.75 Å². The minimum atomic E-state index is -0.221. The zero-order valence-electron chi connectivity index (χ0n) is 15.8. The predicted molar refractivity (Wildman–Crippen MR) is 110 cm³/mol. The molecule has 0 bridgehead atoms. The normalized spacial score (nSPS) is 11.4. The van der Waals surface area contributed by atoms with Gasteiger partial charge in [-0.15, -0.1) is 0 Å². The highest BCUT2D eigenvalue weighted by molar-refractivity contribution is 8.04. The number of carbonyl (C=O) groups excluding carboxylic acids is 1. The molecule has 0 saturated heterocycles. The van der Waals surface area contributed by atoms with E-state index in [4.69, 9.17) is 9.68 Å². The average Bonchev–Trinajstić information content (AvgIpc) is 3.04. The number of carbonyl (C=O) groups is 1. The fourth-order valence-electron chi connectivity index (χ4n) is 2.80. The molecule has 0 radical (unpaired) electrons. The summed E-state index contributed by atoms with van der Waals surface area (Å²) in [7, 11) is 0. The van der Waals surface area contributed by atoms with E-state index in [1.54, 1.807) is 6.07 Å². The quantitative estimate of drug-likeness (QED) is 0.626. The van der Waals surface area contributed by atoms with Crippen LogP contribution in [0.2, 0.25) is 0 Å². The van der Waals surface area contributed by atoms with E-state index in [0.717, 1.165) is 22.9 Å². The van der Waals surface area contributed by atoms with Crippen LogP contribution in [0.15, 0.2) is 40.8 Å². The number of nitriles is 1. The number of thiocyanates is 1. The van der Waals surface area contributed by atoms with Gasteiger partial charge in [-0.05, 0) is 59.5 Å². The Hall–Kier alpha value is -2.78. The Balaban J connectivity index is 1.90. The summed E-state index contributed by atoms with van der Waals surface area (Å²) in [6, 6.07) is 11.8. The molecule has 6 heteroatoms. The van der Waals surface area contributed by atoms with Crippen molar-refractivity contribution in [2.45, 2.75) is 33.1 Å². The molecular weight excluding hydrogens is 358 g/mol. The van der Waals surface area contributed by atoms with Crippen molar-refractivity contribution >= 4 is 34.5 Å². The number of amides is 1. The molecule has 0 aliphatic heterocycles. The van der Waals surface area contributed by atoms with Gasteiger partial charge in [0.1, 0.15) is 10.9 Å². The maximum atomic E-state index is 11.8. The number of oxazole rings is 1. The molecule has 0 aliphatic rings. The van der Waals surface area contributed by atoms with E-state index < -0.39 is 0 Å². The minimum Gasteiger partial charge on any atom is -0.436 e. The van der Waals surface area contributed by atoms with Gasteiger partial charge in [-0.1, -0.05) is 32.9 Å². The van der Waals surface area contributed by atoms with Crippen molar-refractivity contribution in [1.82, 2.24) is 4.98 Å². The maximum absolute atomic E-state index is 11.8. The average molecular weight is 379 g/mol. The molecular formula is C21H21N3O2S. The molecule has 1 aromatic heterocycles. The molecule has 1 N–H and O–H groups in total. The molecule has 1 amide bonds. The molecule has 0 atom stereocenters. The van der Waals surface area contributed by atoms with E-state index in [-0.39, 0.29) is 17.1 Å². The van der Waals surface area contributed by atoms with Gasteiger partial charge in [-0.3, -0.25) is 4.79 Å². The van der Waals surface area contributed by atoms with Crippen LogP contribution >= 0.6 is 11.8 Å². The van der Waals surface area contributed by atoms with Gasteiger partial charge < -0.3 is 9.73 Å². The molecule has 0 aliphatic carbocycles. The van der Waals surface area contributed by atoms with Crippen LogP contribution in [0.1, 0.15) is 31.9 Å². The van der Waals surface area contributed by atoms with E-state index in [9.17, 15) is 4.79 Å². The number of benzene rings is 2. The Morgan fingerprint density at radius 3 is 2.59 bits per heavy atom. The second kappa shape index (κ2) is 7.45. The summed E-state index contributed by atoms with van der Waals surface area (Å²) in [6.45, 7) is 8.45. The summed E-state index contributed by atoms with van der Waals surface area (Å²) in [4.78, 5) is 16.4. The topological polar surface area (TPSA) is 78.9 Å². The van der Waals surface area contributed by atoms with E-state index >= 15 is 0 Å². The summed E-state index contributed by atoms with van der Waals surface area (Å²) in [6.07, 6.45) is 0. The van der Waals surface area contributed by atoms with Crippen molar-refractivity contribution < 1.29 is 9.21 Å². The molecule has 5 nitrogen and oxygen atoms in total. The number of hydrogen-bond donors (Lipinski definition) is 1. The van der Waals surface area contributed by atoms with Gasteiger partial charge in [0.15, 0.2) is 5.58 Å². The Morgan fingerprint density at radius 1 is 1.26 bits per heavy atom. The van der Waals surface area contributed by atoms with Crippen LogP contribution in [-0.4, -0.2) is 16.6 Å². The second-order valence-corrected chi connectivity index (χ2v) is 8.18. The van der Waals surface area contributed by atoms with Gasteiger partial charge in [-0.2, -0.15) is 5.26 Å². The summed E-state index contributed by atoms with van der Waals surface area (Å²) < 4.78 is 5.96. The van der Waals surface area contributed by atoms with Crippen LogP contribution in [-0.2, 0) is 10.2 Å². The van der Waals surface area contributed by atoms with Crippen molar-refractivity contribution in [3.8, 4) is 16.9 Å². The van der Waals surface area contributed by atoms with Crippen LogP contribution < -0.4 is 5.32 Å². The molecule has 0 unspecified atom stereocenters. The molecule has 1 heterocycles. The number of hydrogen-bond acceptors (Lipinski definition) is 5. The van der Waals surface area contributed by atoms with Gasteiger partial charge in [0.2, 0.25) is 11.8 Å². The van der Waals surface area contributed by atoms with Crippen molar-refractivity contribution in [3.05, 3.63) is 47.5 Å². The third kappa shape index (κ3) is 4.32. The second-order valence-electron chi connectivity index (χ2n) is 7.42. The lowest BCUT2D eigenvalue weighted by Gasteiger charge is -2.18. The number of fused-ring (bicyclic) bond motifs is 1. The van der Waals surface area contributed by atoms with E-state index in [1.807, 2.05) is 30.5 Å². The van der Waals surface area contributed by atoms with Crippen LogP contribution in [0.4, 0.5) is 5.69 Å². The largest absolute Gasteiger partial charge is 0.436 e. The van der Waals surface area contributed by atoms with E-state index in [0.29, 0.717) is 22.7 Å². The third-order valence-corrected chi connectivity index (χ3v) is 4.76. The number of rotatable bonds is 4. The van der Waals surface area contributed by atoms with Crippen LogP contribution in [0.3, 0.4) is 0 Å². The standard InChI is InChI=1S/C21H21N3O2S/c1-13-9-16(23-18(25)11-27-12-22)10-17-19(13)26-20(24-17)14-5-7-15(8-6-14)21(2,3)4/h5-10H,11H2,1-4H3,(H,23,25). The van der Waals surface area contributed by atoms with Crippen molar-refractivity contribution in [2.75, 3.05) is 11.1 Å². The van der Waals surface area contributed by atoms with Crippen LogP contribution in [0.25, 0.3) is 22.6 Å². The summed E-state index contributed by atoms with van der Waals surface area (Å²) in [5.41, 5.74) is 5.18. The number of aryl methyl sites for hydroxylation is 1. The molecule has 0 saturated carbocycles. The Morgan fingerprint density at radius 2 is 1.96 bits per heavy atom. The van der Waals surface area contributed by atoms with Crippen molar-refractivity contribution in [1.29, 1.82) is 5.26 Å². The summed E-state index contributed by atoms with van der Waals surface area (Å²) in [5, 5.41) is 13.2. The number of thioether (sulfide) groups is 1. The lowest BCUT2D eigenvalue weighted by molar-refractivity contribution is -0.113. The fraction of sp³-hybridized carbons (Fsp3) is 0.286. The predicted octanol–water partition coefficient (Wildman–Crippen LogP) is 5.25. The molecule has 2 aromatic carbocycles. The van der Waals surface area contributed by atoms with Gasteiger partial charge in [0.25, 0.3) is 0 Å². The van der Waals surface area contributed by atoms with Crippen LogP contribution in [0, 0.1) is 17.6 Å². The number of anilines is 1. The first-order valence-corrected chi connectivity index (χ1v) is 9.59. The zero-order chi connectivity index (χ0) is 19.6. The molecule has 3 rings (SSSR count). The smallest absolute Gasteiger partial charge is 0.235 e. The Bertz CT molecular complexity index is 1020. The van der Waals surface area contributed by atoms with Crippen LogP contribution in [0.5, 0.6) is 0 Å². The first-order chi connectivity index (χ1) is 12.8. The lowest BCUT2D eigenvalue weighted by Crippen LogP contribution is -2.13. The first-order valence-electron chi connectivity index (χ1n) is 8.61. The van der Waals surface area contributed by atoms with E-state index in [1.165, 1.54) is 5.56 Å². The summed E-state index contributed by atoms with van der Waals surface area (Å²) >= 11 is 0.907. The highest BCUT2D eigenvalue weighted by atomic mass is 32.2. The monoisotopic (exact) mass is 379 g/mol. The molecule has 0 spiro atoms. The summed E-state index contributed by atoms with van der Waals surface area (Å²) in [5.74, 6) is 0.427. The first kappa shape index (κ1) is 19.0. The lowest BCUT2D eigenvalue weighted by atomic mass is 9.87. The number of aromatic nitrogens is 1. The molecule has 27 heavy (non-hydrogen) atoms. The molecule has 3 aromatic rings. The fourth-order valence-corrected chi connectivity index (χ4v) is 3.07. The number of nitrogens with one attached hydrogen (secondary N) is 1. The molecule has 0 fully saturated rings. The van der Waals surface area contributed by atoms with Gasteiger partial charge >= 0.3 is 0 Å². The van der Waals surface area contributed by atoms with E-state index in [2.05, 4.69) is 43.2 Å². The Labute approximate surface area is 162 Å². The minimum absolute atomic E-state index is 0.0906.